The molecule has 0 aliphatic carbocycles. The van der Waals surface area contributed by atoms with E-state index in [1.54, 1.807) is 25.4 Å². The largest absolute Gasteiger partial charge is 0.496 e. The number of amides is 2. The highest BCUT2D eigenvalue weighted by Gasteiger charge is 2.62. The molecular weight excluding hydrogens is 807 g/mol. The predicted molar refractivity (Wildman–Crippen MR) is 228 cm³/mol. The highest BCUT2D eigenvalue weighted by atomic mass is 16.6. The number of oxazole rings is 2. The van der Waals surface area contributed by atoms with Crippen LogP contribution in [-0.4, -0.2) is 66.0 Å². The van der Waals surface area contributed by atoms with Gasteiger partial charge in [0.2, 0.25) is 23.8 Å². The van der Waals surface area contributed by atoms with E-state index in [1.165, 1.54) is 14.2 Å². The Morgan fingerprint density at radius 2 is 1.76 bits per heavy atom. The Balaban J connectivity index is 1.26. The number of ether oxygens (including phenoxy) is 5. The molecule has 0 saturated heterocycles. The van der Waals surface area contributed by atoms with E-state index in [2.05, 4.69) is 10.6 Å². The van der Waals surface area contributed by atoms with Crippen LogP contribution in [0.5, 0.6) is 11.5 Å². The normalized spacial score (nSPS) is 19.5. The summed E-state index contributed by atoms with van der Waals surface area (Å²) in [6.07, 6.45) is 1.40. The first-order chi connectivity index (χ1) is 30.6. The van der Waals surface area contributed by atoms with Gasteiger partial charge in [0.25, 0.3) is 0 Å². The quantitative estimate of drug-likeness (QED) is 0.144. The molecule has 2 N–H and O–H groups in total. The lowest BCUT2D eigenvalue weighted by molar-refractivity contribution is -0.150. The minimum atomic E-state index is -1.69. The molecule has 6 heterocycles. The summed E-state index contributed by atoms with van der Waals surface area (Å²) in [5, 5.41) is 6.75. The average molecular weight is 850 g/mol. The Morgan fingerprint density at radius 3 is 2.54 bits per heavy atom. The van der Waals surface area contributed by atoms with E-state index in [0.717, 1.165) is 27.6 Å². The molecule has 2 amide bonds. The van der Waals surface area contributed by atoms with Gasteiger partial charge in [0.05, 0.1) is 25.9 Å². The van der Waals surface area contributed by atoms with E-state index in [-0.39, 0.29) is 48.9 Å². The van der Waals surface area contributed by atoms with E-state index in [1.807, 2.05) is 97.4 Å². The third-order valence-corrected chi connectivity index (χ3v) is 12.1. The number of alkyl carbamates (subject to hydrolysis) is 1. The molecule has 10 bridgehead atoms. The van der Waals surface area contributed by atoms with E-state index >= 15 is 0 Å². The van der Waals surface area contributed by atoms with Crippen LogP contribution in [0.15, 0.2) is 106 Å². The van der Waals surface area contributed by atoms with Crippen molar-refractivity contribution in [1.29, 1.82) is 0 Å². The topological polar surface area (TPSA) is 178 Å². The van der Waals surface area contributed by atoms with Gasteiger partial charge in [0.1, 0.15) is 42.3 Å². The fourth-order valence-electron chi connectivity index (χ4n) is 9.23. The Labute approximate surface area is 361 Å². The lowest BCUT2D eigenvalue weighted by atomic mass is 9.67. The van der Waals surface area contributed by atoms with Gasteiger partial charge in [-0.2, -0.15) is 0 Å². The van der Waals surface area contributed by atoms with Crippen molar-refractivity contribution in [2.45, 2.75) is 57.2 Å². The molecule has 1 unspecified atom stereocenters. The zero-order valence-electron chi connectivity index (χ0n) is 35.1. The van der Waals surface area contributed by atoms with Crippen molar-refractivity contribution in [3.8, 4) is 45.5 Å². The van der Waals surface area contributed by atoms with Crippen molar-refractivity contribution >= 4 is 28.9 Å². The van der Waals surface area contributed by atoms with E-state index < -0.39 is 41.6 Å². The molecule has 0 saturated carbocycles. The molecule has 7 aromatic rings. The molecule has 10 rings (SSSR count). The monoisotopic (exact) mass is 849 g/mol. The van der Waals surface area contributed by atoms with Gasteiger partial charge in [-0.15, -0.1) is 0 Å². The third kappa shape index (κ3) is 6.32. The highest BCUT2D eigenvalue weighted by molar-refractivity contribution is 6.07. The lowest BCUT2D eigenvalue weighted by Crippen LogP contribution is -2.50. The maximum atomic E-state index is 14.6. The van der Waals surface area contributed by atoms with Crippen LogP contribution in [0.1, 0.15) is 53.8 Å². The molecule has 4 atom stereocenters. The number of carbonyl (C=O) groups excluding carboxylic acids is 3. The second-order valence-electron chi connectivity index (χ2n) is 16.1. The van der Waals surface area contributed by atoms with Crippen LogP contribution >= 0.6 is 0 Å². The van der Waals surface area contributed by atoms with Crippen molar-refractivity contribution in [1.82, 2.24) is 25.2 Å². The summed E-state index contributed by atoms with van der Waals surface area (Å²) in [7, 11) is 4.46. The first kappa shape index (κ1) is 39.7. The van der Waals surface area contributed by atoms with Crippen molar-refractivity contribution < 1.29 is 46.9 Å². The summed E-state index contributed by atoms with van der Waals surface area (Å²) >= 11 is 0. The maximum Gasteiger partial charge on any atom is 0.408 e. The Kier molecular flexibility index (Phi) is 9.78. The minimum absolute atomic E-state index is 0.0000304. The average Bonchev–Trinajstić information content (AvgIpc) is 4.10. The fourth-order valence-corrected chi connectivity index (χ4v) is 9.23. The summed E-state index contributed by atoms with van der Waals surface area (Å²) in [4.78, 5) is 52.4. The highest BCUT2D eigenvalue weighted by Crippen LogP contribution is 2.60. The Morgan fingerprint density at radius 1 is 0.952 bits per heavy atom. The number of benzene rings is 4. The van der Waals surface area contributed by atoms with E-state index in [0.29, 0.717) is 39.5 Å². The van der Waals surface area contributed by atoms with Gasteiger partial charge in [-0.1, -0.05) is 86.6 Å². The van der Waals surface area contributed by atoms with Crippen LogP contribution in [0.4, 0.5) is 4.79 Å². The number of hydrogen-bond acceptors (Lipinski definition) is 12. The second-order valence-corrected chi connectivity index (χ2v) is 16.1. The van der Waals surface area contributed by atoms with Crippen LogP contribution in [0, 0.1) is 5.92 Å². The first-order valence-corrected chi connectivity index (χ1v) is 20.6. The van der Waals surface area contributed by atoms with E-state index in [9.17, 15) is 14.4 Å². The molecule has 0 fully saturated rings. The lowest BCUT2D eigenvalue weighted by Gasteiger charge is -2.34. The molecule has 63 heavy (non-hydrogen) atoms. The number of aromatic nitrogens is 3. The molecular formula is C48H43N5O10. The minimum Gasteiger partial charge on any atom is -0.496 e. The summed E-state index contributed by atoms with van der Waals surface area (Å²) in [6.45, 7) is 4.08. The van der Waals surface area contributed by atoms with Crippen molar-refractivity contribution in [3.63, 3.8) is 0 Å². The van der Waals surface area contributed by atoms with Crippen molar-refractivity contribution in [2.75, 3.05) is 21.3 Å². The number of rotatable bonds is 8. The number of para-hydroxylation sites is 1. The summed E-state index contributed by atoms with van der Waals surface area (Å²) in [5.74, 6) is 0.0636. The van der Waals surface area contributed by atoms with Gasteiger partial charge in [0, 0.05) is 47.4 Å². The Hall–Kier alpha value is -7.39. The molecule has 3 aliphatic heterocycles. The standard InChI is InChI=1S/C48H43N5O10/c1-25(2)38-45-52-39-41(63-45)48(32-19-27(17-18-35(32)58-4)20-33(43(54)51-38)50-47(56)60-23-26-11-7-6-8-12-26)31-15-9-14-29(40(31)62-42(48)46(55)59-5)28-13-10-16-34-37(28)30(22-53(34)24-57-3)36-21-49-44(39)61-36/h6-19,21-22,25,33,38,42H,20,23-24H2,1-5H3,(H,50,56)(H,51,54)/t33-,38?,42+,48-/m0/s1. The smallest absolute Gasteiger partial charge is 0.408 e. The van der Waals surface area contributed by atoms with Gasteiger partial charge in [-0.3, -0.25) is 4.79 Å². The maximum absolute atomic E-state index is 14.6. The second kappa shape index (κ2) is 15.5. The fraction of sp³-hybridized carbons (Fsp3) is 0.271. The number of nitrogens with one attached hydrogen (secondary N) is 2. The molecule has 3 aliphatic rings. The van der Waals surface area contributed by atoms with Crippen LogP contribution < -0.4 is 20.1 Å². The molecule has 1 spiro atoms. The Bertz CT molecular complexity index is 2930. The zero-order chi connectivity index (χ0) is 43.6. The van der Waals surface area contributed by atoms with Gasteiger partial charge < -0.3 is 47.7 Å². The first-order valence-electron chi connectivity index (χ1n) is 20.6. The number of esters is 1. The van der Waals surface area contributed by atoms with Crippen LogP contribution in [0.2, 0.25) is 0 Å². The molecule has 4 aromatic carbocycles. The number of hydrogen-bond donors (Lipinski definition) is 2. The van der Waals surface area contributed by atoms with Crippen molar-refractivity contribution in [2.24, 2.45) is 5.92 Å². The van der Waals surface area contributed by atoms with Crippen LogP contribution in [0.3, 0.4) is 0 Å². The summed E-state index contributed by atoms with van der Waals surface area (Å²) in [5.41, 5.74) is 3.97. The van der Waals surface area contributed by atoms with Crippen LogP contribution in [-0.2, 0) is 49.0 Å². The number of methoxy groups -OCH3 is 3. The number of nitrogens with zero attached hydrogens (tertiary/aromatic N) is 3. The SMILES string of the molecule is COCn1cc2c3c(cccc31)-c1cccc3c1O[C@H](C(=O)OC)[C@]31c3cc(ccc3OC)C[C@H](NC(=O)OCc3ccccc3)C(=O)NC(C(C)C)c3nc(c1o3)-c1ncc-2o1. The van der Waals surface area contributed by atoms with Gasteiger partial charge in [-0.05, 0) is 34.7 Å². The van der Waals surface area contributed by atoms with Gasteiger partial charge >= 0.3 is 12.1 Å². The molecule has 320 valence electrons. The predicted octanol–water partition coefficient (Wildman–Crippen LogP) is 7.48. The van der Waals surface area contributed by atoms with Crippen molar-refractivity contribution in [3.05, 3.63) is 131 Å². The van der Waals surface area contributed by atoms with Crippen LogP contribution in [0.25, 0.3) is 44.9 Å². The molecule has 3 aromatic heterocycles. The number of fused-ring (bicyclic) bond motifs is 8. The molecule has 0 radical (unpaired) electrons. The molecule has 15 heteroatoms. The summed E-state index contributed by atoms with van der Waals surface area (Å²) in [6, 6.07) is 24.4. The van der Waals surface area contributed by atoms with Gasteiger partial charge in [0.15, 0.2) is 17.2 Å². The van der Waals surface area contributed by atoms with E-state index in [4.69, 9.17) is 42.5 Å². The third-order valence-electron chi connectivity index (χ3n) is 12.1. The zero-order valence-corrected chi connectivity index (χ0v) is 35.1. The van der Waals surface area contributed by atoms with Gasteiger partial charge in [-0.25, -0.2) is 19.6 Å². The molecule has 15 nitrogen and oxygen atoms in total. The summed E-state index contributed by atoms with van der Waals surface area (Å²) < 4.78 is 45.7. The number of carbonyl (C=O) groups is 3.